The van der Waals surface area contributed by atoms with E-state index in [1.807, 2.05) is 18.2 Å². The molecule has 2 saturated heterocycles. The molecule has 2 N–H and O–H groups in total. The van der Waals surface area contributed by atoms with Gasteiger partial charge in [-0.25, -0.2) is 4.79 Å². The smallest absolute Gasteiger partial charge is 0.327 e. The Morgan fingerprint density at radius 2 is 2.06 bits per heavy atom. The Kier molecular flexibility index (Phi) is 5.82. The largest absolute Gasteiger partial charge is 0.454 e. The van der Waals surface area contributed by atoms with E-state index in [-0.39, 0.29) is 37.7 Å². The molecule has 3 aliphatic rings. The zero-order chi connectivity index (χ0) is 22.8. The van der Waals surface area contributed by atoms with Gasteiger partial charge in [0.1, 0.15) is 12.6 Å². The summed E-state index contributed by atoms with van der Waals surface area (Å²) in [7, 11) is 0. The third-order valence-corrected chi connectivity index (χ3v) is 6.14. The van der Waals surface area contributed by atoms with Gasteiger partial charge in [0.2, 0.25) is 18.6 Å². The monoisotopic (exact) mass is 451 g/mol. The van der Waals surface area contributed by atoms with Crippen molar-refractivity contribution in [3.05, 3.63) is 53.9 Å². The van der Waals surface area contributed by atoms with Crippen LogP contribution >= 0.6 is 0 Å². The van der Waals surface area contributed by atoms with Crippen molar-refractivity contribution < 1.29 is 23.9 Å². The minimum atomic E-state index is -0.519. The van der Waals surface area contributed by atoms with Gasteiger partial charge in [-0.2, -0.15) is 0 Å². The predicted octanol–water partition coefficient (Wildman–Crippen LogP) is 1.01. The number of benzene rings is 1. The summed E-state index contributed by atoms with van der Waals surface area (Å²) < 4.78 is 10.7. The van der Waals surface area contributed by atoms with E-state index in [2.05, 4.69) is 15.6 Å². The molecule has 10 heteroatoms. The molecular weight excluding hydrogens is 426 g/mol. The number of carbonyl (C=O) groups excluding carboxylic acids is 3. The molecule has 3 aliphatic heterocycles. The fraction of sp³-hybridized carbons (Fsp3) is 0.391. The summed E-state index contributed by atoms with van der Waals surface area (Å²) in [5, 5.41) is 6.10. The first-order valence-corrected chi connectivity index (χ1v) is 11.0. The van der Waals surface area contributed by atoms with Crippen LogP contribution in [0.15, 0.2) is 42.7 Å². The third kappa shape index (κ3) is 4.34. The van der Waals surface area contributed by atoms with Crippen LogP contribution in [0.4, 0.5) is 4.79 Å². The van der Waals surface area contributed by atoms with Gasteiger partial charge in [-0.1, -0.05) is 12.1 Å². The van der Waals surface area contributed by atoms with Gasteiger partial charge in [0, 0.05) is 18.9 Å². The van der Waals surface area contributed by atoms with Crippen molar-refractivity contribution in [1.82, 2.24) is 25.4 Å². The summed E-state index contributed by atoms with van der Waals surface area (Å²) in [6, 6.07) is 7.74. The standard InChI is InChI=1S/C23H25N5O5/c29-20(26-11-15-5-6-18-19(9-15)33-14-32-18)13-27-17-4-2-8-25-21(17)22(30)28(23(27)31)12-16-3-1-7-24-10-16/h1,3,5-7,9-10,17,21,25H,2,4,8,11-14H2,(H,26,29). The molecule has 2 aromatic rings. The van der Waals surface area contributed by atoms with E-state index < -0.39 is 12.1 Å². The van der Waals surface area contributed by atoms with Crippen LogP contribution in [0.2, 0.25) is 0 Å². The minimum Gasteiger partial charge on any atom is -0.454 e. The van der Waals surface area contributed by atoms with E-state index in [0.29, 0.717) is 31.0 Å². The van der Waals surface area contributed by atoms with Crippen molar-refractivity contribution >= 4 is 17.8 Å². The molecule has 5 rings (SSSR count). The van der Waals surface area contributed by atoms with Gasteiger partial charge in [0.25, 0.3) is 0 Å². The number of aromatic nitrogens is 1. The molecule has 0 bridgehead atoms. The third-order valence-electron chi connectivity index (χ3n) is 6.14. The van der Waals surface area contributed by atoms with Crippen LogP contribution in [0.25, 0.3) is 0 Å². The number of fused-ring (bicyclic) bond motifs is 2. The zero-order valence-electron chi connectivity index (χ0n) is 18.0. The van der Waals surface area contributed by atoms with Gasteiger partial charge in [0.15, 0.2) is 11.5 Å². The molecule has 0 aliphatic carbocycles. The summed E-state index contributed by atoms with van der Waals surface area (Å²) in [6.07, 6.45) is 4.77. The van der Waals surface area contributed by atoms with Crippen molar-refractivity contribution in [2.45, 2.75) is 38.0 Å². The van der Waals surface area contributed by atoms with Crippen LogP contribution in [0.3, 0.4) is 0 Å². The molecule has 1 aromatic heterocycles. The summed E-state index contributed by atoms with van der Waals surface area (Å²) in [6.45, 7) is 1.18. The maximum atomic E-state index is 13.3. The van der Waals surface area contributed by atoms with Crippen LogP contribution in [-0.4, -0.2) is 64.6 Å². The molecule has 2 atom stereocenters. The molecule has 1 aromatic carbocycles. The maximum Gasteiger partial charge on any atom is 0.327 e. The first-order chi connectivity index (χ1) is 16.1. The van der Waals surface area contributed by atoms with Crippen LogP contribution < -0.4 is 20.1 Å². The Morgan fingerprint density at radius 3 is 2.91 bits per heavy atom. The molecule has 0 radical (unpaired) electrons. The minimum absolute atomic E-state index is 0.117. The molecule has 33 heavy (non-hydrogen) atoms. The molecule has 4 heterocycles. The fourth-order valence-electron chi connectivity index (χ4n) is 4.49. The number of carbonyl (C=O) groups is 3. The highest BCUT2D eigenvalue weighted by Crippen LogP contribution is 2.32. The maximum absolute atomic E-state index is 13.3. The normalized spacial score (nSPS) is 21.7. The molecule has 172 valence electrons. The number of amides is 4. The number of hydrogen-bond acceptors (Lipinski definition) is 7. The van der Waals surface area contributed by atoms with Crippen molar-refractivity contribution in [2.75, 3.05) is 19.9 Å². The zero-order valence-corrected chi connectivity index (χ0v) is 18.0. The lowest BCUT2D eigenvalue weighted by molar-refractivity contribution is -0.139. The number of ether oxygens (including phenoxy) is 2. The summed E-state index contributed by atoms with van der Waals surface area (Å²) in [5.41, 5.74) is 1.61. The van der Waals surface area contributed by atoms with Crippen LogP contribution in [-0.2, 0) is 22.7 Å². The molecule has 0 saturated carbocycles. The summed E-state index contributed by atoms with van der Waals surface area (Å²) in [4.78, 5) is 46.0. The number of urea groups is 1. The Balaban J connectivity index is 1.28. The highest BCUT2D eigenvalue weighted by molar-refractivity contribution is 6.01. The van der Waals surface area contributed by atoms with E-state index in [9.17, 15) is 14.4 Å². The number of imide groups is 1. The summed E-state index contributed by atoms with van der Waals surface area (Å²) >= 11 is 0. The second-order valence-electron chi connectivity index (χ2n) is 8.30. The Labute approximate surface area is 190 Å². The van der Waals surface area contributed by atoms with Gasteiger partial charge in [-0.05, 0) is 48.7 Å². The van der Waals surface area contributed by atoms with Crippen LogP contribution in [0.5, 0.6) is 11.5 Å². The number of nitrogens with zero attached hydrogens (tertiary/aromatic N) is 3. The highest BCUT2D eigenvalue weighted by Gasteiger charge is 2.47. The lowest BCUT2D eigenvalue weighted by atomic mass is 9.93. The van der Waals surface area contributed by atoms with E-state index >= 15 is 0 Å². The molecule has 4 amide bonds. The first-order valence-electron chi connectivity index (χ1n) is 11.0. The Hall–Kier alpha value is -3.66. The van der Waals surface area contributed by atoms with Gasteiger partial charge in [0.05, 0.1) is 12.6 Å². The van der Waals surface area contributed by atoms with Gasteiger partial charge in [-0.3, -0.25) is 19.5 Å². The average molecular weight is 451 g/mol. The van der Waals surface area contributed by atoms with Crippen molar-refractivity contribution in [1.29, 1.82) is 0 Å². The van der Waals surface area contributed by atoms with E-state index in [1.165, 1.54) is 9.80 Å². The number of pyridine rings is 1. The SMILES string of the molecule is O=C(CN1C(=O)N(Cc2cccnc2)C(=O)C2NCCCC21)NCc1ccc2c(c1)OCO2. The van der Waals surface area contributed by atoms with E-state index in [0.717, 1.165) is 17.5 Å². The second-order valence-corrected chi connectivity index (χ2v) is 8.30. The predicted molar refractivity (Wildman–Crippen MR) is 116 cm³/mol. The van der Waals surface area contributed by atoms with Gasteiger partial charge in [-0.15, -0.1) is 0 Å². The Bertz CT molecular complexity index is 1060. The fourth-order valence-corrected chi connectivity index (χ4v) is 4.49. The van der Waals surface area contributed by atoms with Crippen molar-refractivity contribution in [3.8, 4) is 11.5 Å². The van der Waals surface area contributed by atoms with Crippen LogP contribution in [0.1, 0.15) is 24.0 Å². The molecule has 0 spiro atoms. The topological polar surface area (TPSA) is 113 Å². The van der Waals surface area contributed by atoms with Crippen LogP contribution in [0, 0.1) is 0 Å². The number of nitrogens with one attached hydrogen (secondary N) is 2. The van der Waals surface area contributed by atoms with Gasteiger partial charge >= 0.3 is 6.03 Å². The van der Waals surface area contributed by atoms with Crippen molar-refractivity contribution in [3.63, 3.8) is 0 Å². The lowest BCUT2D eigenvalue weighted by Crippen LogP contribution is -2.70. The number of piperidine rings is 1. The highest BCUT2D eigenvalue weighted by atomic mass is 16.7. The van der Waals surface area contributed by atoms with Gasteiger partial charge < -0.3 is 25.0 Å². The summed E-state index contributed by atoms with van der Waals surface area (Å²) in [5.74, 6) is 0.776. The van der Waals surface area contributed by atoms with E-state index in [1.54, 1.807) is 24.5 Å². The van der Waals surface area contributed by atoms with Crippen molar-refractivity contribution in [2.24, 2.45) is 0 Å². The Morgan fingerprint density at radius 1 is 1.18 bits per heavy atom. The molecule has 2 fully saturated rings. The van der Waals surface area contributed by atoms with E-state index in [4.69, 9.17) is 9.47 Å². The number of hydrogen-bond donors (Lipinski definition) is 2. The molecule has 10 nitrogen and oxygen atoms in total. The number of rotatable bonds is 6. The lowest BCUT2D eigenvalue weighted by Gasteiger charge is -2.46. The average Bonchev–Trinajstić information content (AvgIpc) is 3.32. The first kappa shape index (κ1) is 21.2. The molecular formula is C23H25N5O5. The molecule has 2 unspecified atom stereocenters. The second kappa shape index (κ2) is 9.07. The quantitative estimate of drug-likeness (QED) is 0.674.